The number of benzene rings is 2. The molecule has 2 aromatic carbocycles. The number of carbonyl (C=O) groups excluding carboxylic acids is 1. The van der Waals surface area contributed by atoms with E-state index >= 15 is 0 Å². The fraction of sp³-hybridized carbons (Fsp3) is 0.385. The van der Waals surface area contributed by atoms with Gasteiger partial charge in [0, 0.05) is 29.1 Å². The van der Waals surface area contributed by atoms with Gasteiger partial charge in [0.2, 0.25) is 0 Å². The number of alkyl halides is 3. The second-order valence-electron chi connectivity index (χ2n) is 8.60. The van der Waals surface area contributed by atoms with Gasteiger partial charge in [-0.2, -0.15) is 13.2 Å². The zero-order valence-electron chi connectivity index (χ0n) is 19.1. The van der Waals surface area contributed by atoms with Crippen LogP contribution in [-0.2, 0) is 6.42 Å². The number of piperidine rings is 1. The molecule has 1 saturated heterocycles. The van der Waals surface area contributed by atoms with Crippen LogP contribution in [0.3, 0.4) is 0 Å². The molecule has 1 aliphatic heterocycles. The highest BCUT2D eigenvalue weighted by Gasteiger charge is 2.30. The number of nitrogens with zero attached hydrogens (tertiary/aromatic N) is 2. The number of likely N-dealkylation sites (tertiary alicyclic amines) is 1. The molecule has 1 N–H and O–H groups in total. The van der Waals surface area contributed by atoms with E-state index in [0.29, 0.717) is 18.8 Å². The molecular weight excluding hydrogens is 459 g/mol. The van der Waals surface area contributed by atoms with Crippen LogP contribution in [-0.4, -0.2) is 41.6 Å². The first-order valence-corrected chi connectivity index (χ1v) is 12.4. The topological polar surface area (TPSA) is 45.2 Å². The van der Waals surface area contributed by atoms with Gasteiger partial charge < -0.3 is 10.2 Å². The van der Waals surface area contributed by atoms with Gasteiger partial charge in [-0.15, -0.1) is 11.3 Å². The van der Waals surface area contributed by atoms with Crippen molar-refractivity contribution in [2.45, 2.75) is 44.7 Å². The van der Waals surface area contributed by atoms with Crippen molar-refractivity contribution in [2.75, 3.05) is 25.0 Å². The van der Waals surface area contributed by atoms with Crippen molar-refractivity contribution >= 4 is 22.9 Å². The molecule has 0 spiro atoms. The first-order valence-electron chi connectivity index (χ1n) is 11.6. The van der Waals surface area contributed by atoms with E-state index in [2.05, 4.69) is 41.5 Å². The average Bonchev–Trinajstić information content (AvgIpc) is 3.34. The first kappa shape index (κ1) is 24.4. The summed E-state index contributed by atoms with van der Waals surface area (Å²) < 4.78 is 37.4. The van der Waals surface area contributed by atoms with Gasteiger partial charge in [0.25, 0.3) is 5.91 Å². The summed E-state index contributed by atoms with van der Waals surface area (Å²) in [5.74, 6) is -0.0826. The maximum Gasteiger partial charge on any atom is 0.390 e. The Hall–Kier alpha value is -2.71. The second-order valence-corrected chi connectivity index (χ2v) is 9.49. The summed E-state index contributed by atoms with van der Waals surface area (Å²) >= 11 is 1.45. The molecule has 1 aromatic heterocycles. The Bertz CT molecular complexity index is 1100. The summed E-state index contributed by atoms with van der Waals surface area (Å²) in [5.41, 5.74) is 4.33. The van der Waals surface area contributed by atoms with Crippen LogP contribution in [0, 0.1) is 0 Å². The van der Waals surface area contributed by atoms with Crippen LogP contribution >= 0.6 is 11.3 Å². The van der Waals surface area contributed by atoms with E-state index in [4.69, 9.17) is 0 Å². The highest BCUT2D eigenvalue weighted by atomic mass is 32.1. The fourth-order valence-electron chi connectivity index (χ4n) is 4.22. The van der Waals surface area contributed by atoms with Crippen molar-refractivity contribution < 1.29 is 18.0 Å². The highest BCUT2D eigenvalue weighted by molar-refractivity contribution is 7.10. The number of nitrogens with one attached hydrogen (secondary N) is 1. The molecule has 4 rings (SSSR count). The fourth-order valence-corrected chi connectivity index (χ4v) is 5.19. The number of hydrogen-bond donors (Lipinski definition) is 1. The first-order chi connectivity index (χ1) is 16.3. The molecule has 2 heterocycles. The van der Waals surface area contributed by atoms with Crippen LogP contribution in [0.15, 0.2) is 53.9 Å². The van der Waals surface area contributed by atoms with Crippen molar-refractivity contribution in [2.24, 2.45) is 0 Å². The molecule has 1 fully saturated rings. The number of para-hydroxylation sites is 1. The van der Waals surface area contributed by atoms with Crippen LogP contribution in [0.25, 0.3) is 11.1 Å². The molecule has 3 aromatic rings. The van der Waals surface area contributed by atoms with E-state index in [1.165, 1.54) is 16.9 Å². The lowest BCUT2D eigenvalue weighted by atomic mass is 9.97. The van der Waals surface area contributed by atoms with Gasteiger partial charge in [-0.3, -0.25) is 4.79 Å². The Balaban J connectivity index is 1.38. The number of anilines is 1. The van der Waals surface area contributed by atoms with Crippen LogP contribution in [0.1, 0.15) is 53.2 Å². The Morgan fingerprint density at radius 1 is 1.12 bits per heavy atom. The van der Waals surface area contributed by atoms with Gasteiger partial charge in [-0.25, -0.2) is 4.98 Å². The van der Waals surface area contributed by atoms with Crippen molar-refractivity contribution in [1.82, 2.24) is 9.88 Å². The van der Waals surface area contributed by atoms with E-state index in [9.17, 15) is 18.0 Å². The summed E-state index contributed by atoms with van der Waals surface area (Å²) in [4.78, 5) is 19.4. The maximum absolute atomic E-state index is 12.9. The van der Waals surface area contributed by atoms with Crippen molar-refractivity contribution in [3.05, 3.63) is 70.2 Å². The van der Waals surface area contributed by atoms with Crippen molar-refractivity contribution in [3.8, 4) is 11.1 Å². The number of halogens is 3. The van der Waals surface area contributed by atoms with Crippen molar-refractivity contribution in [3.63, 3.8) is 0 Å². The third-order valence-electron chi connectivity index (χ3n) is 6.25. The number of aryl methyl sites for hydroxylation is 1. The highest BCUT2D eigenvalue weighted by Crippen LogP contribution is 2.32. The number of thiazole rings is 1. The third kappa shape index (κ3) is 6.24. The molecule has 4 nitrogen and oxygen atoms in total. The van der Waals surface area contributed by atoms with Gasteiger partial charge >= 0.3 is 6.18 Å². The smallest absolute Gasteiger partial charge is 0.320 e. The number of hydrogen-bond acceptors (Lipinski definition) is 4. The van der Waals surface area contributed by atoms with Gasteiger partial charge in [-0.05, 0) is 49.5 Å². The molecule has 0 bridgehead atoms. The molecule has 34 heavy (non-hydrogen) atoms. The van der Waals surface area contributed by atoms with Crippen LogP contribution in [0.2, 0.25) is 0 Å². The summed E-state index contributed by atoms with van der Waals surface area (Å²) in [6.45, 7) is 3.39. The monoisotopic (exact) mass is 487 g/mol. The summed E-state index contributed by atoms with van der Waals surface area (Å²) in [5, 5.41) is 5.64. The quantitative estimate of drug-likeness (QED) is 0.401. The van der Waals surface area contributed by atoms with E-state index in [-0.39, 0.29) is 18.4 Å². The molecule has 8 heteroatoms. The summed E-state index contributed by atoms with van der Waals surface area (Å²) in [7, 11) is 0. The Kier molecular flexibility index (Phi) is 7.68. The molecule has 1 amide bonds. The lowest BCUT2D eigenvalue weighted by Crippen LogP contribution is -2.35. The second kappa shape index (κ2) is 10.7. The number of carbonyl (C=O) groups is 1. The zero-order valence-corrected chi connectivity index (χ0v) is 19.9. The number of rotatable bonds is 7. The Morgan fingerprint density at radius 2 is 1.82 bits per heavy atom. The standard InChI is InChI=1S/C26H28F3N3OS/c1-2-18-7-9-19(10-8-18)21-5-3-4-6-22(21)30-24(33)23-17-34-25(31-23)20-11-14-32(15-12-20)16-13-26(27,28)29/h3-10,17,20H,2,11-16H2,1H3,(H,30,33). The summed E-state index contributed by atoms with van der Waals surface area (Å²) in [6.07, 6.45) is -2.42. The summed E-state index contributed by atoms with van der Waals surface area (Å²) in [6, 6.07) is 16.0. The Morgan fingerprint density at radius 3 is 2.50 bits per heavy atom. The third-order valence-corrected chi connectivity index (χ3v) is 7.26. The van der Waals surface area contributed by atoms with Gasteiger partial charge in [-0.1, -0.05) is 49.4 Å². The van der Waals surface area contributed by atoms with Crippen molar-refractivity contribution in [1.29, 1.82) is 0 Å². The van der Waals surface area contributed by atoms with E-state index in [0.717, 1.165) is 41.1 Å². The van der Waals surface area contributed by atoms with Gasteiger partial charge in [0.05, 0.1) is 11.4 Å². The van der Waals surface area contributed by atoms with E-state index in [1.54, 1.807) is 5.38 Å². The lowest BCUT2D eigenvalue weighted by molar-refractivity contribution is -0.138. The maximum atomic E-state index is 12.9. The molecule has 0 atom stereocenters. The van der Waals surface area contributed by atoms with E-state index in [1.807, 2.05) is 29.2 Å². The predicted molar refractivity (Wildman–Crippen MR) is 130 cm³/mol. The predicted octanol–water partition coefficient (Wildman–Crippen LogP) is 6.76. The zero-order chi connectivity index (χ0) is 24.1. The number of amides is 1. The van der Waals surface area contributed by atoms with E-state index < -0.39 is 12.6 Å². The minimum Gasteiger partial charge on any atom is -0.320 e. The molecular formula is C26H28F3N3OS. The van der Waals surface area contributed by atoms with Crippen LogP contribution in [0.5, 0.6) is 0 Å². The van der Waals surface area contributed by atoms with Gasteiger partial charge in [0.1, 0.15) is 5.69 Å². The lowest BCUT2D eigenvalue weighted by Gasteiger charge is -2.31. The SMILES string of the molecule is CCc1ccc(-c2ccccc2NC(=O)c2csc(C3CCN(CCC(F)(F)F)CC3)n2)cc1. The number of aromatic nitrogens is 1. The molecule has 0 saturated carbocycles. The molecule has 0 aliphatic carbocycles. The van der Waals surface area contributed by atoms with Crippen LogP contribution in [0.4, 0.5) is 18.9 Å². The van der Waals surface area contributed by atoms with Gasteiger partial charge in [0.15, 0.2) is 0 Å². The molecule has 1 aliphatic rings. The minimum atomic E-state index is -4.12. The Labute approximate surface area is 201 Å². The molecule has 180 valence electrons. The normalized spacial score (nSPS) is 15.4. The largest absolute Gasteiger partial charge is 0.390 e. The molecule has 0 radical (unpaired) electrons. The van der Waals surface area contributed by atoms with Crippen LogP contribution < -0.4 is 5.32 Å². The minimum absolute atomic E-state index is 0.0440. The average molecular weight is 488 g/mol. The molecule has 0 unspecified atom stereocenters.